The number of urea groups is 1. The fourth-order valence-electron chi connectivity index (χ4n) is 2.27. The van der Waals surface area contributed by atoms with Crippen LogP contribution >= 0.6 is 0 Å². The molecular weight excluding hydrogens is 264 g/mol. The van der Waals surface area contributed by atoms with E-state index in [0.717, 1.165) is 12.8 Å². The molecule has 116 valence electrons. The Bertz CT molecular complexity index is 320. The molecule has 0 saturated carbocycles. The quantitative estimate of drug-likeness (QED) is 0.316. The van der Waals surface area contributed by atoms with E-state index in [4.69, 9.17) is 14.7 Å². The van der Waals surface area contributed by atoms with Crippen LogP contribution < -0.4 is 5.48 Å². The molecule has 20 heavy (non-hydrogen) atoms. The maximum Gasteiger partial charge on any atom is 0.341 e. The number of esters is 1. The van der Waals surface area contributed by atoms with E-state index in [0.29, 0.717) is 19.4 Å². The van der Waals surface area contributed by atoms with Gasteiger partial charge < -0.3 is 14.7 Å². The van der Waals surface area contributed by atoms with E-state index in [2.05, 4.69) is 5.48 Å². The normalized spacial score (nSPS) is 18.4. The third-order valence-electron chi connectivity index (χ3n) is 3.59. The maximum atomic E-state index is 11.7. The molecule has 0 radical (unpaired) electrons. The molecule has 0 aromatic carbocycles. The predicted molar refractivity (Wildman–Crippen MR) is 71.5 cm³/mol. The van der Waals surface area contributed by atoms with Crippen molar-refractivity contribution in [3.63, 3.8) is 0 Å². The molecule has 0 spiro atoms. The van der Waals surface area contributed by atoms with Crippen molar-refractivity contribution in [2.24, 2.45) is 5.92 Å². The Kier molecular flexibility index (Phi) is 7.32. The molecule has 2 amide bonds. The second-order valence-electron chi connectivity index (χ2n) is 4.82. The second kappa shape index (κ2) is 8.76. The summed E-state index contributed by atoms with van der Waals surface area (Å²) in [6, 6.07) is -0.578. The van der Waals surface area contributed by atoms with Crippen LogP contribution in [0.4, 0.5) is 4.79 Å². The lowest BCUT2D eigenvalue weighted by Gasteiger charge is -2.22. The number of carbonyl (C=O) groups is 2. The molecule has 2 N–H and O–H groups in total. The van der Waals surface area contributed by atoms with E-state index >= 15 is 0 Å². The number of likely N-dealkylation sites (tertiary alicyclic amines) is 1. The van der Waals surface area contributed by atoms with Gasteiger partial charge in [0.2, 0.25) is 6.79 Å². The van der Waals surface area contributed by atoms with Crippen LogP contribution in [-0.4, -0.2) is 48.0 Å². The molecule has 0 aromatic heterocycles. The van der Waals surface area contributed by atoms with Gasteiger partial charge in [0.1, 0.15) is 0 Å². The van der Waals surface area contributed by atoms with Gasteiger partial charge in [-0.15, -0.1) is 0 Å². The molecule has 1 fully saturated rings. The Morgan fingerprint density at radius 2 is 2.10 bits per heavy atom. The smallest absolute Gasteiger partial charge is 0.341 e. The first kappa shape index (κ1) is 16.7. The lowest BCUT2D eigenvalue weighted by atomic mass is 10.0. The Balaban J connectivity index is 2.21. The summed E-state index contributed by atoms with van der Waals surface area (Å²) in [4.78, 5) is 29.7. The van der Waals surface area contributed by atoms with Crippen molar-refractivity contribution in [1.82, 2.24) is 10.4 Å². The zero-order chi connectivity index (χ0) is 15.0. The minimum atomic E-state index is -0.417. The second-order valence-corrected chi connectivity index (χ2v) is 4.82. The van der Waals surface area contributed by atoms with Crippen molar-refractivity contribution in [2.75, 3.05) is 19.9 Å². The van der Waals surface area contributed by atoms with Crippen LogP contribution in [0.25, 0.3) is 0 Å². The molecular formula is C13H24N2O5. The SMILES string of the molecule is CCC(CC)C(=O)OCONC(=O)N1CCCC1CO. The predicted octanol–water partition coefficient (Wildman–Crippen LogP) is 1.02. The van der Waals surface area contributed by atoms with E-state index in [1.54, 1.807) is 0 Å². The molecule has 1 unspecified atom stereocenters. The van der Waals surface area contributed by atoms with E-state index in [9.17, 15) is 9.59 Å². The summed E-state index contributed by atoms with van der Waals surface area (Å²) in [5, 5.41) is 9.11. The minimum Gasteiger partial charge on any atom is -0.436 e. The molecule has 1 saturated heterocycles. The van der Waals surface area contributed by atoms with Crippen LogP contribution in [0.5, 0.6) is 0 Å². The Morgan fingerprint density at radius 3 is 2.70 bits per heavy atom. The van der Waals surface area contributed by atoms with Gasteiger partial charge in [0, 0.05) is 6.54 Å². The number of nitrogens with zero attached hydrogens (tertiary/aromatic N) is 1. The molecule has 0 aromatic rings. The molecule has 1 rings (SSSR count). The van der Waals surface area contributed by atoms with Gasteiger partial charge in [-0.3, -0.25) is 4.79 Å². The fraction of sp³-hybridized carbons (Fsp3) is 0.846. The highest BCUT2D eigenvalue weighted by Gasteiger charge is 2.28. The fourth-order valence-corrected chi connectivity index (χ4v) is 2.27. The van der Waals surface area contributed by atoms with Crippen molar-refractivity contribution in [3.05, 3.63) is 0 Å². The highest BCUT2D eigenvalue weighted by molar-refractivity contribution is 5.74. The van der Waals surface area contributed by atoms with Gasteiger partial charge >= 0.3 is 12.0 Å². The number of carbonyl (C=O) groups excluding carboxylic acids is 2. The summed E-state index contributed by atoms with van der Waals surface area (Å²) < 4.78 is 4.91. The summed E-state index contributed by atoms with van der Waals surface area (Å²) in [6.45, 7) is 4.06. The van der Waals surface area contributed by atoms with E-state index in [-0.39, 0.29) is 31.3 Å². The first-order valence-corrected chi connectivity index (χ1v) is 7.09. The largest absolute Gasteiger partial charge is 0.436 e. The third-order valence-corrected chi connectivity index (χ3v) is 3.59. The number of hydroxylamine groups is 1. The van der Waals surface area contributed by atoms with Gasteiger partial charge in [-0.2, -0.15) is 0 Å². The van der Waals surface area contributed by atoms with Crippen molar-refractivity contribution in [1.29, 1.82) is 0 Å². The van der Waals surface area contributed by atoms with E-state index in [1.165, 1.54) is 4.90 Å². The molecule has 7 heteroatoms. The number of ether oxygens (including phenoxy) is 1. The summed E-state index contributed by atoms with van der Waals surface area (Å²) in [5.41, 5.74) is 2.22. The molecule has 1 heterocycles. The van der Waals surface area contributed by atoms with Crippen molar-refractivity contribution in [3.8, 4) is 0 Å². The Morgan fingerprint density at radius 1 is 1.40 bits per heavy atom. The maximum absolute atomic E-state index is 11.7. The summed E-state index contributed by atoms with van der Waals surface area (Å²) in [6.07, 6.45) is 3.08. The highest BCUT2D eigenvalue weighted by Crippen LogP contribution is 2.16. The molecule has 0 aliphatic carbocycles. The Labute approximate surface area is 119 Å². The van der Waals surface area contributed by atoms with Gasteiger partial charge in [0.15, 0.2) is 0 Å². The van der Waals surface area contributed by atoms with Crippen molar-refractivity contribution >= 4 is 12.0 Å². The lowest BCUT2D eigenvalue weighted by molar-refractivity contribution is -0.166. The monoisotopic (exact) mass is 288 g/mol. The van der Waals surface area contributed by atoms with Gasteiger partial charge in [-0.25, -0.2) is 15.1 Å². The van der Waals surface area contributed by atoms with Crippen LogP contribution in [-0.2, 0) is 14.4 Å². The summed E-state index contributed by atoms with van der Waals surface area (Å²) in [5.74, 6) is -0.453. The average Bonchev–Trinajstić information content (AvgIpc) is 2.93. The minimum absolute atomic E-state index is 0.0584. The summed E-state index contributed by atoms with van der Waals surface area (Å²) in [7, 11) is 0. The number of nitrogens with one attached hydrogen (secondary N) is 1. The molecule has 1 atom stereocenters. The first-order valence-electron chi connectivity index (χ1n) is 7.09. The number of rotatable bonds is 7. The number of hydrogen-bond donors (Lipinski definition) is 2. The van der Waals surface area contributed by atoms with Crippen LogP contribution in [0, 0.1) is 5.92 Å². The Hall–Kier alpha value is -1.34. The van der Waals surface area contributed by atoms with Crippen LogP contribution in [0.1, 0.15) is 39.5 Å². The number of amides is 2. The highest BCUT2D eigenvalue weighted by atomic mass is 16.8. The van der Waals surface area contributed by atoms with Gasteiger partial charge in [0.25, 0.3) is 0 Å². The van der Waals surface area contributed by atoms with Gasteiger partial charge in [-0.1, -0.05) is 13.8 Å². The number of aliphatic hydroxyl groups excluding tert-OH is 1. The number of hydrogen-bond acceptors (Lipinski definition) is 5. The average molecular weight is 288 g/mol. The number of aliphatic hydroxyl groups is 1. The molecule has 0 bridgehead atoms. The standard InChI is InChI=1S/C13H24N2O5/c1-3-10(4-2)12(17)19-9-20-14-13(18)15-7-5-6-11(15)8-16/h10-11,16H,3-9H2,1-2H3,(H,14,18). The zero-order valence-corrected chi connectivity index (χ0v) is 12.1. The third kappa shape index (κ3) is 4.64. The first-order chi connectivity index (χ1) is 9.63. The lowest BCUT2D eigenvalue weighted by Crippen LogP contribution is -2.44. The van der Waals surface area contributed by atoms with E-state index < -0.39 is 6.03 Å². The van der Waals surface area contributed by atoms with Crippen LogP contribution in [0.2, 0.25) is 0 Å². The summed E-state index contributed by atoms with van der Waals surface area (Å²) >= 11 is 0. The molecule has 1 aliphatic rings. The van der Waals surface area contributed by atoms with Gasteiger partial charge in [0.05, 0.1) is 18.6 Å². The van der Waals surface area contributed by atoms with Crippen LogP contribution in [0.15, 0.2) is 0 Å². The van der Waals surface area contributed by atoms with Gasteiger partial charge in [-0.05, 0) is 25.7 Å². The topological polar surface area (TPSA) is 88.1 Å². The van der Waals surface area contributed by atoms with Crippen molar-refractivity contribution in [2.45, 2.75) is 45.6 Å². The van der Waals surface area contributed by atoms with E-state index in [1.807, 2.05) is 13.8 Å². The zero-order valence-electron chi connectivity index (χ0n) is 12.1. The molecule has 7 nitrogen and oxygen atoms in total. The van der Waals surface area contributed by atoms with Crippen LogP contribution in [0.3, 0.4) is 0 Å². The molecule has 1 aliphatic heterocycles. The van der Waals surface area contributed by atoms with Crippen molar-refractivity contribution < 1.29 is 24.3 Å².